The van der Waals surface area contributed by atoms with Crippen LogP contribution >= 0.6 is 0 Å². The number of H-pyrrole nitrogens is 1. The molecule has 3 rings (SSSR count). The molecule has 0 atom stereocenters. The lowest BCUT2D eigenvalue weighted by molar-refractivity contribution is 0.103. The van der Waals surface area contributed by atoms with E-state index < -0.39 is 11.2 Å². The van der Waals surface area contributed by atoms with Gasteiger partial charge in [-0.25, -0.2) is 9.48 Å². The Labute approximate surface area is 131 Å². The van der Waals surface area contributed by atoms with Gasteiger partial charge < -0.3 is 0 Å². The van der Waals surface area contributed by atoms with Gasteiger partial charge in [0.15, 0.2) is 5.78 Å². The van der Waals surface area contributed by atoms with Crippen molar-refractivity contribution >= 4 is 5.78 Å². The summed E-state index contributed by atoms with van der Waals surface area (Å²) in [5, 5.41) is 3.77. The summed E-state index contributed by atoms with van der Waals surface area (Å²) in [6, 6.07) is 16.0. The first-order chi connectivity index (χ1) is 11.1. The lowest BCUT2D eigenvalue weighted by Crippen LogP contribution is -2.31. The lowest BCUT2D eigenvalue weighted by atomic mass is 10.0. The molecule has 6 heteroatoms. The van der Waals surface area contributed by atoms with Gasteiger partial charge in [-0.05, 0) is 5.56 Å². The normalized spacial score (nSPS) is 10.4. The summed E-state index contributed by atoms with van der Waals surface area (Å²) in [4.78, 5) is 37.0. The first-order valence-corrected chi connectivity index (χ1v) is 6.98. The number of nitrogens with one attached hydrogen (secondary N) is 1. The molecule has 0 saturated carbocycles. The number of nitrogens with zero attached hydrogens (tertiary/aromatic N) is 2. The third kappa shape index (κ3) is 3.32. The van der Waals surface area contributed by atoms with Crippen molar-refractivity contribution in [2.24, 2.45) is 0 Å². The van der Waals surface area contributed by atoms with Crippen molar-refractivity contribution in [2.75, 3.05) is 0 Å². The van der Waals surface area contributed by atoms with E-state index in [1.807, 2.05) is 18.2 Å². The molecular formula is C17H13N3O3. The Bertz CT molecular complexity index is 941. The molecule has 23 heavy (non-hydrogen) atoms. The standard InChI is InChI=1S/C17H13N3O3/c21-15-10-18-20(17(23)19-15)11-12-6-8-14(9-7-12)16(22)13-4-2-1-3-5-13/h1-10H,11H2,(H,19,21,23). The molecule has 1 N–H and O–H groups in total. The van der Waals surface area contributed by atoms with Crippen LogP contribution in [0.4, 0.5) is 0 Å². The maximum atomic E-state index is 12.3. The van der Waals surface area contributed by atoms with Crippen LogP contribution in [-0.4, -0.2) is 20.5 Å². The zero-order valence-electron chi connectivity index (χ0n) is 12.1. The van der Waals surface area contributed by atoms with E-state index in [0.717, 1.165) is 16.4 Å². The molecule has 114 valence electrons. The Morgan fingerprint density at radius 3 is 2.26 bits per heavy atom. The zero-order chi connectivity index (χ0) is 16.2. The van der Waals surface area contributed by atoms with Crippen molar-refractivity contribution in [3.63, 3.8) is 0 Å². The smallest absolute Gasteiger partial charge is 0.289 e. The zero-order valence-corrected chi connectivity index (χ0v) is 12.1. The SMILES string of the molecule is O=C(c1ccccc1)c1ccc(Cn2ncc(=O)[nH]c2=O)cc1. The number of carbonyl (C=O) groups excluding carboxylic acids is 1. The largest absolute Gasteiger partial charge is 0.345 e. The number of carbonyl (C=O) groups is 1. The molecule has 1 aromatic heterocycles. The maximum Gasteiger partial charge on any atom is 0.345 e. The molecule has 3 aromatic rings. The van der Waals surface area contributed by atoms with E-state index in [0.29, 0.717) is 11.1 Å². The van der Waals surface area contributed by atoms with Gasteiger partial charge in [0.05, 0.1) is 6.54 Å². The quantitative estimate of drug-likeness (QED) is 0.734. The van der Waals surface area contributed by atoms with E-state index in [2.05, 4.69) is 10.1 Å². The van der Waals surface area contributed by atoms with E-state index in [9.17, 15) is 14.4 Å². The Kier molecular flexibility index (Phi) is 3.97. The second-order valence-corrected chi connectivity index (χ2v) is 4.99. The van der Waals surface area contributed by atoms with Crippen molar-refractivity contribution < 1.29 is 4.79 Å². The molecular weight excluding hydrogens is 294 g/mol. The second kappa shape index (κ2) is 6.23. The fourth-order valence-electron chi connectivity index (χ4n) is 2.18. The number of rotatable bonds is 4. The number of hydrogen-bond acceptors (Lipinski definition) is 4. The summed E-state index contributed by atoms with van der Waals surface area (Å²) in [6.45, 7) is 0.218. The predicted octanol–water partition coefficient (Wildman–Crippen LogP) is 1.21. The molecule has 2 aromatic carbocycles. The number of ketones is 1. The minimum atomic E-state index is -0.568. The van der Waals surface area contributed by atoms with Crippen molar-refractivity contribution in [1.82, 2.24) is 14.8 Å². The van der Waals surface area contributed by atoms with Gasteiger partial charge in [0.2, 0.25) is 0 Å². The molecule has 0 spiro atoms. The van der Waals surface area contributed by atoms with Gasteiger partial charge >= 0.3 is 5.69 Å². The molecule has 0 aliphatic heterocycles. The Hall–Kier alpha value is -3.28. The molecule has 0 bridgehead atoms. The molecule has 0 saturated heterocycles. The van der Waals surface area contributed by atoms with E-state index in [4.69, 9.17) is 0 Å². The second-order valence-electron chi connectivity index (χ2n) is 4.99. The fraction of sp³-hybridized carbons (Fsp3) is 0.0588. The summed E-state index contributed by atoms with van der Waals surface area (Å²) < 4.78 is 1.15. The minimum absolute atomic E-state index is 0.0588. The van der Waals surface area contributed by atoms with Crippen LogP contribution in [0.25, 0.3) is 0 Å². The first kappa shape index (κ1) is 14.6. The summed E-state index contributed by atoms with van der Waals surface area (Å²) in [6.07, 6.45) is 1.05. The molecule has 0 amide bonds. The van der Waals surface area contributed by atoms with Crippen LogP contribution in [0.2, 0.25) is 0 Å². The van der Waals surface area contributed by atoms with Gasteiger partial charge in [-0.3, -0.25) is 14.6 Å². The van der Waals surface area contributed by atoms with Crippen molar-refractivity contribution in [3.8, 4) is 0 Å². The highest BCUT2D eigenvalue weighted by Gasteiger charge is 2.08. The van der Waals surface area contributed by atoms with E-state index in [1.165, 1.54) is 0 Å². The van der Waals surface area contributed by atoms with Gasteiger partial charge in [-0.1, -0.05) is 54.6 Å². The first-order valence-electron chi connectivity index (χ1n) is 6.98. The summed E-state index contributed by atoms with van der Waals surface area (Å²) in [5.74, 6) is -0.0588. The van der Waals surface area contributed by atoms with E-state index in [-0.39, 0.29) is 12.3 Å². The summed E-state index contributed by atoms with van der Waals surface area (Å²) >= 11 is 0. The van der Waals surface area contributed by atoms with Crippen LogP contribution in [0.5, 0.6) is 0 Å². The molecule has 0 radical (unpaired) electrons. The Balaban J connectivity index is 1.81. The molecule has 0 aliphatic rings. The number of benzene rings is 2. The van der Waals surface area contributed by atoms with Gasteiger partial charge in [0.1, 0.15) is 6.20 Å². The Morgan fingerprint density at radius 2 is 1.61 bits per heavy atom. The van der Waals surface area contributed by atoms with Crippen molar-refractivity contribution in [1.29, 1.82) is 0 Å². The number of aromatic nitrogens is 3. The molecule has 6 nitrogen and oxygen atoms in total. The van der Waals surface area contributed by atoms with E-state index in [1.54, 1.807) is 36.4 Å². The van der Waals surface area contributed by atoms with E-state index >= 15 is 0 Å². The van der Waals surface area contributed by atoms with Gasteiger partial charge in [0, 0.05) is 11.1 Å². The maximum absolute atomic E-state index is 12.3. The topological polar surface area (TPSA) is 84.8 Å². The van der Waals surface area contributed by atoms with Crippen LogP contribution in [0.1, 0.15) is 21.5 Å². The van der Waals surface area contributed by atoms with Crippen LogP contribution in [0.3, 0.4) is 0 Å². The Morgan fingerprint density at radius 1 is 0.957 bits per heavy atom. The third-order valence-electron chi connectivity index (χ3n) is 3.36. The van der Waals surface area contributed by atoms with Crippen LogP contribution < -0.4 is 11.2 Å². The van der Waals surface area contributed by atoms with Crippen molar-refractivity contribution in [3.05, 3.63) is 98.3 Å². The molecule has 1 heterocycles. The lowest BCUT2D eigenvalue weighted by Gasteiger charge is -2.05. The van der Waals surface area contributed by atoms with Crippen LogP contribution in [0, 0.1) is 0 Å². The fourth-order valence-corrected chi connectivity index (χ4v) is 2.18. The van der Waals surface area contributed by atoms with Gasteiger partial charge in [-0.15, -0.1) is 0 Å². The summed E-state index contributed by atoms with van der Waals surface area (Å²) in [7, 11) is 0. The predicted molar refractivity (Wildman–Crippen MR) is 84.5 cm³/mol. The van der Waals surface area contributed by atoms with Gasteiger partial charge in [-0.2, -0.15) is 5.10 Å². The number of aromatic amines is 1. The van der Waals surface area contributed by atoms with Gasteiger partial charge in [0.25, 0.3) is 5.56 Å². The van der Waals surface area contributed by atoms with Crippen LogP contribution in [-0.2, 0) is 6.54 Å². The highest BCUT2D eigenvalue weighted by molar-refractivity contribution is 6.08. The molecule has 0 unspecified atom stereocenters. The average molecular weight is 307 g/mol. The highest BCUT2D eigenvalue weighted by atomic mass is 16.2. The van der Waals surface area contributed by atoms with Crippen LogP contribution in [0.15, 0.2) is 70.4 Å². The average Bonchev–Trinajstić information content (AvgIpc) is 2.58. The third-order valence-corrected chi connectivity index (χ3v) is 3.36. The van der Waals surface area contributed by atoms with Crippen molar-refractivity contribution in [2.45, 2.75) is 6.54 Å². The number of hydrogen-bond donors (Lipinski definition) is 1. The minimum Gasteiger partial charge on any atom is -0.289 e. The monoisotopic (exact) mass is 307 g/mol. The summed E-state index contributed by atoms with van der Waals surface area (Å²) in [5.41, 5.74) is 0.897. The highest BCUT2D eigenvalue weighted by Crippen LogP contribution is 2.11. The molecule has 0 aliphatic carbocycles. The molecule has 0 fully saturated rings.